The Balaban J connectivity index is 1.31. The molecule has 1 unspecified atom stereocenters. The molecule has 5 rings (SSSR count). The fraction of sp³-hybridized carbons (Fsp3) is 0.292. The number of fused-ring (bicyclic) bond motifs is 1. The molecule has 1 fully saturated rings. The molecule has 0 saturated carbocycles. The van der Waals surface area contributed by atoms with Crippen LogP contribution in [0, 0.1) is 0 Å². The molecule has 1 saturated heterocycles. The highest BCUT2D eigenvalue weighted by Crippen LogP contribution is 2.33. The molecule has 9 heteroatoms. The van der Waals surface area contributed by atoms with Gasteiger partial charge in [-0.25, -0.2) is 4.98 Å². The Morgan fingerprint density at radius 2 is 2.15 bits per heavy atom. The molecule has 0 bridgehead atoms. The number of likely N-dealkylation sites (tertiary alicyclic amines) is 1. The average Bonchev–Trinajstić information content (AvgIpc) is 3.58. The molecule has 170 valence electrons. The van der Waals surface area contributed by atoms with E-state index in [2.05, 4.69) is 16.4 Å². The van der Waals surface area contributed by atoms with Crippen molar-refractivity contribution in [1.29, 1.82) is 0 Å². The number of ether oxygens (including phenoxy) is 2. The minimum absolute atomic E-state index is 0.245. The molecule has 0 aliphatic carbocycles. The molecule has 1 aromatic heterocycles. The molecule has 1 atom stereocenters. The van der Waals surface area contributed by atoms with Crippen LogP contribution in [-0.2, 0) is 11.2 Å². The van der Waals surface area contributed by atoms with Crippen LogP contribution in [-0.4, -0.2) is 48.0 Å². The van der Waals surface area contributed by atoms with Gasteiger partial charge in [0.25, 0.3) is 5.91 Å². The Morgan fingerprint density at radius 3 is 3.00 bits per heavy atom. The van der Waals surface area contributed by atoms with Crippen LogP contribution < -0.4 is 14.8 Å². The van der Waals surface area contributed by atoms with Crippen LogP contribution in [0.5, 0.6) is 11.5 Å². The minimum atomic E-state index is -0.578. The zero-order valence-electron chi connectivity index (χ0n) is 18.0. The van der Waals surface area contributed by atoms with Gasteiger partial charge in [-0.2, -0.15) is 0 Å². The standard InChI is InChI=1S/C24H22ClN3O4S/c1-31-21-7-5-16(25)12-17(21)23(30)28-9-2-3-19(28)22(29)27-24-26-18(13-33-24)14-4-6-20-15(11-14)8-10-32-20/h4-7,11-13,19H,2-3,8-10H2,1H3,(H,26,27,29). The van der Waals surface area contributed by atoms with Crippen LogP contribution in [0.3, 0.4) is 0 Å². The maximum Gasteiger partial charge on any atom is 0.258 e. The van der Waals surface area contributed by atoms with E-state index in [4.69, 9.17) is 21.1 Å². The number of carbonyl (C=O) groups is 2. The summed E-state index contributed by atoms with van der Waals surface area (Å²) in [5.41, 5.74) is 3.30. The third-order valence-corrected chi connectivity index (χ3v) is 6.92. The molecule has 1 N–H and O–H groups in total. The molecule has 2 aliphatic rings. The fourth-order valence-electron chi connectivity index (χ4n) is 4.28. The monoisotopic (exact) mass is 483 g/mol. The summed E-state index contributed by atoms with van der Waals surface area (Å²) < 4.78 is 10.9. The Morgan fingerprint density at radius 1 is 1.27 bits per heavy atom. The number of aromatic nitrogens is 1. The Kier molecular flexibility index (Phi) is 5.95. The van der Waals surface area contributed by atoms with Crippen molar-refractivity contribution in [2.24, 2.45) is 0 Å². The number of methoxy groups -OCH3 is 1. The number of nitrogens with one attached hydrogen (secondary N) is 1. The van der Waals surface area contributed by atoms with E-state index >= 15 is 0 Å². The maximum absolute atomic E-state index is 13.2. The molecule has 7 nitrogen and oxygen atoms in total. The molecular formula is C24H22ClN3O4S. The highest BCUT2D eigenvalue weighted by molar-refractivity contribution is 7.14. The Labute approximate surface area is 200 Å². The summed E-state index contributed by atoms with van der Waals surface area (Å²) in [5.74, 6) is 0.835. The summed E-state index contributed by atoms with van der Waals surface area (Å²) >= 11 is 7.46. The van der Waals surface area contributed by atoms with Gasteiger partial charge in [-0.05, 0) is 54.8 Å². The predicted molar refractivity (Wildman–Crippen MR) is 127 cm³/mol. The van der Waals surface area contributed by atoms with E-state index in [-0.39, 0.29) is 11.8 Å². The van der Waals surface area contributed by atoms with Crippen molar-refractivity contribution in [2.75, 3.05) is 25.6 Å². The van der Waals surface area contributed by atoms with E-state index in [1.807, 2.05) is 17.5 Å². The molecular weight excluding hydrogens is 462 g/mol. The number of carbonyl (C=O) groups excluding carboxylic acids is 2. The molecule has 2 aromatic carbocycles. The van der Waals surface area contributed by atoms with Gasteiger partial charge >= 0.3 is 0 Å². The first-order chi connectivity index (χ1) is 16.0. The van der Waals surface area contributed by atoms with E-state index in [0.29, 0.717) is 41.0 Å². The quantitative estimate of drug-likeness (QED) is 0.571. The number of benzene rings is 2. The number of halogens is 1. The van der Waals surface area contributed by atoms with Crippen LogP contribution >= 0.6 is 22.9 Å². The fourth-order valence-corrected chi connectivity index (χ4v) is 5.18. The largest absolute Gasteiger partial charge is 0.496 e. The average molecular weight is 484 g/mol. The third-order valence-electron chi connectivity index (χ3n) is 5.93. The number of rotatable bonds is 5. The van der Waals surface area contributed by atoms with Crippen LogP contribution in [0.2, 0.25) is 5.02 Å². The van der Waals surface area contributed by atoms with Crippen molar-refractivity contribution < 1.29 is 19.1 Å². The zero-order chi connectivity index (χ0) is 22.9. The number of hydrogen-bond acceptors (Lipinski definition) is 6. The first-order valence-corrected chi connectivity index (χ1v) is 12.0. The molecule has 3 aromatic rings. The molecule has 0 spiro atoms. The molecule has 2 amide bonds. The lowest BCUT2D eigenvalue weighted by molar-refractivity contribution is -0.119. The minimum Gasteiger partial charge on any atom is -0.496 e. The third kappa shape index (κ3) is 4.28. The van der Waals surface area contributed by atoms with Crippen molar-refractivity contribution in [3.05, 3.63) is 57.9 Å². The Bertz CT molecular complexity index is 1230. The van der Waals surface area contributed by atoms with E-state index in [0.717, 1.165) is 29.8 Å². The summed E-state index contributed by atoms with van der Waals surface area (Å²) in [6, 6.07) is 10.3. The number of nitrogens with zero attached hydrogens (tertiary/aromatic N) is 2. The van der Waals surface area contributed by atoms with Crippen molar-refractivity contribution in [1.82, 2.24) is 9.88 Å². The highest BCUT2D eigenvalue weighted by Gasteiger charge is 2.36. The summed E-state index contributed by atoms with van der Waals surface area (Å²) in [6.45, 7) is 1.20. The van der Waals surface area contributed by atoms with Crippen molar-refractivity contribution >= 4 is 39.9 Å². The van der Waals surface area contributed by atoms with E-state index in [1.165, 1.54) is 24.0 Å². The Hall–Kier alpha value is -3.10. The van der Waals surface area contributed by atoms with E-state index in [9.17, 15) is 9.59 Å². The SMILES string of the molecule is COc1ccc(Cl)cc1C(=O)N1CCCC1C(=O)Nc1nc(-c2ccc3c(c2)CCO3)cs1. The van der Waals surface area contributed by atoms with Crippen LogP contribution in [0.15, 0.2) is 41.8 Å². The van der Waals surface area contributed by atoms with Gasteiger partial charge in [0, 0.05) is 28.9 Å². The number of thiazole rings is 1. The topological polar surface area (TPSA) is 80.8 Å². The van der Waals surface area contributed by atoms with Crippen LogP contribution in [0.1, 0.15) is 28.8 Å². The second-order valence-corrected chi connectivity index (χ2v) is 9.24. The molecule has 2 aliphatic heterocycles. The van der Waals surface area contributed by atoms with Gasteiger partial charge < -0.3 is 19.7 Å². The first-order valence-electron chi connectivity index (χ1n) is 10.7. The lowest BCUT2D eigenvalue weighted by Gasteiger charge is -2.24. The molecule has 33 heavy (non-hydrogen) atoms. The molecule has 0 radical (unpaired) electrons. The summed E-state index contributed by atoms with van der Waals surface area (Å²) in [7, 11) is 1.50. The summed E-state index contributed by atoms with van der Waals surface area (Å²) in [5, 5.41) is 5.76. The number of amides is 2. The van der Waals surface area contributed by atoms with Crippen molar-refractivity contribution in [2.45, 2.75) is 25.3 Å². The second-order valence-electron chi connectivity index (χ2n) is 7.95. The molecule has 3 heterocycles. The lowest BCUT2D eigenvalue weighted by atomic mass is 10.1. The van der Waals surface area contributed by atoms with Crippen LogP contribution in [0.4, 0.5) is 5.13 Å². The smallest absolute Gasteiger partial charge is 0.258 e. The zero-order valence-corrected chi connectivity index (χ0v) is 19.5. The number of hydrogen-bond donors (Lipinski definition) is 1. The van der Waals surface area contributed by atoms with E-state index < -0.39 is 6.04 Å². The lowest BCUT2D eigenvalue weighted by Crippen LogP contribution is -2.43. The van der Waals surface area contributed by atoms with Crippen molar-refractivity contribution in [3.63, 3.8) is 0 Å². The highest BCUT2D eigenvalue weighted by atomic mass is 35.5. The van der Waals surface area contributed by atoms with Gasteiger partial charge in [0.05, 0.1) is 25.0 Å². The normalized spacial score (nSPS) is 16.9. The van der Waals surface area contributed by atoms with Gasteiger partial charge in [0.15, 0.2) is 5.13 Å². The second kappa shape index (κ2) is 9.03. The predicted octanol–water partition coefficient (Wildman–Crippen LogP) is 4.65. The van der Waals surface area contributed by atoms with Gasteiger partial charge in [-0.1, -0.05) is 11.6 Å². The van der Waals surface area contributed by atoms with Gasteiger partial charge in [0.2, 0.25) is 5.91 Å². The van der Waals surface area contributed by atoms with E-state index in [1.54, 1.807) is 23.1 Å². The van der Waals surface area contributed by atoms with Gasteiger partial charge in [0.1, 0.15) is 17.5 Å². The summed E-state index contributed by atoms with van der Waals surface area (Å²) in [6.07, 6.45) is 2.22. The van der Waals surface area contributed by atoms with Crippen LogP contribution in [0.25, 0.3) is 11.3 Å². The first kappa shape index (κ1) is 21.7. The van der Waals surface area contributed by atoms with Gasteiger partial charge in [-0.3, -0.25) is 9.59 Å². The maximum atomic E-state index is 13.2. The van der Waals surface area contributed by atoms with Gasteiger partial charge in [-0.15, -0.1) is 11.3 Å². The number of anilines is 1. The van der Waals surface area contributed by atoms with Crippen molar-refractivity contribution in [3.8, 4) is 22.8 Å². The summed E-state index contributed by atoms with van der Waals surface area (Å²) in [4.78, 5) is 32.5.